The lowest BCUT2D eigenvalue weighted by Crippen LogP contribution is -2.56. The van der Waals surface area contributed by atoms with Gasteiger partial charge in [-0.05, 0) is 37.6 Å². The maximum Gasteiger partial charge on any atom is 0.318 e. The Morgan fingerprint density at radius 2 is 2.13 bits per heavy atom. The normalized spacial score (nSPS) is 16.0. The molecule has 3 amide bonds. The molecule has 0 aliphatic carbocycles. The number of nitrogens with zero attached hydrogens (tertiary/aromatic N) is 4. The number of urea groups is 1. The first-order chi connectivity index (χ1) is 14.7. The molecule has 3 N–H and O–H groups in total. The number of imidazole rings is 1. The topological polar surface area (TPSA) is 108 Å². The fourth-order valence-corrected chi connectivity index (χ4v) is 3.52. The zero-order valence-electron chi connectivity index (χ0n) is 17.2. The lowest BCUT2D eigenvalue weighted by molar-refractivity contribution is -0.0367. The summed E-state index contributed by atoms with van der Waals surface area (Å²) in [6.45, 7) is 2.86. The molecule has 1 aliphatic heterocycles. The van der Waals surface area contributed by atoms with Crippen molar-refractivity contribution in [2.45, 2.75) is 38.9 Å². The number of benzene rings is 1. The quantitative estimate of drug-likeness (QED) is 0.557. The molecule has 3 heterocycles. The van der Waals surface area contributed by atoms with Crippen molar-refractivity contribution < 1.29 is 18.4 Å². The van der Waals surface area contributed by atoms with Crippen LogP contribution < -0.4 is 10.6 Å². The van der Waals surface area contributed by atoms with Gasteiger partial charge in [0.1, 0.15) is 11.5 Å². The van der Waals surface area contributed by atoms with E-state index in [1.807, 2.05) is 13.8 Å². The van der Waals surface area contributed by atoms with Crippen LogP contribution >= 0.6 is 0 Å². The van der Waals surface area contributed by atoms with E-state index in [2.05, 4.69) is 25.7 Å². The molecule has 1 aromatic carbocycles. The SMILES string of the molecule is CC(C)n1nccc1C(=O)NCc1nc2ccc(CN3CC(F)(F)CNC3=O)cc2[nH]1. The van der Waals surface area contributed by atoms with Gasteiger partial charge in [-0.2, -0.15) is 5.10 Å². The van der Waals surface area contributed by atoms with Gasteiger partial charge in [0, 0.05) is 18.8 Å². The molecule has 0 bridgehead atoms. The number of carbonyl (C=O) groups excluding carboxylic acids is 2. The zero-order valence-corrected chi connectivity index (χ0v) is 17.2. The minimum absolute atomic E-state index is 0.0572. The van der Waals surface area contributed by atoms with Gasteiger partial charge in [-0.1, -0.05) is 6.07 Å². The summed E-state index contributed by atoms with van der Waals surface area (Å²) in [5.74, 6) is -2.66. The van der Waals surface area contributed by atoms with Crippen molar-refractivity contribution in [2.24, 2.45) is 0 Å². The van der Waals surface area contributed by atoms with Crippen molar-refractivity contribution in [1.82, 2.24) is 35.3 Å². The maximum absolute atomic E-state index is 13.6. The molecule has 0 spiro atoms. The summed E-state index contributed by atoms with van der Waals surface area (Å²) in [7, 11) is 0. The van der Waals surface area contributed by atoms with Crippen LogP contribution in [0.3, 0.4) is 0 Å². The summed E-state index contributed by atoms with van der Waals surface area (Å²) < 4.78 is 28.8. The van der Waals surface area contributed by atoms with E-state index in [1.165, 1.54) is 0 Å². The van der Waals surface area contributed by atoms with Gasteiger partial charge in [0.2, 0.25) is 0 Å². The highest BCUT2D eigenvalue weighted by molar-refractivity contribution is 5.92. The second kappa shape index (κ2) is 7.97. The van der Waals surface area contributed by atoms with Crippen LogP contribution in [0.4, 0.5) is 13.6 Å². The summed E-state index contributed by atoms with van der Waals surface area (Å²) in [5.41, 5.74) is 2.53. The summed E-state index contributed by atoms with van der Waals surface area (Å²) in [5, 5.41) is 9.17. The number of nitrogens with one attached hydrogen (secondary N) is 3. The fraction of sp³-hybridized carbons (Fsp3) is 0.400. The highest BCUT2D eigenvalue weighted by atomic mass is 19.3. The molecule has 0 saturated carbocycles. The Bertz CT molecular complexity index is 1120. The molecule has 0 unspecified atom stereocenters. The Morgan fingerprint density at radius 3 is 2.90 bits per heavy atom. The van der Waals surface area contributed by atoms with E-state index in [1.54, 1.807) is 35.1 Å². The number of hydrogen-bond donors (Lipinski definition) is 3. The molecule has 1 aliphatic rings. The number of amides is 3. The maximum atomic E-state index is 13.6. The number of fused-ring (bicyclic) bond motifs is 1. The Labute approximate surface area is 176 Å². The number of halogens is 2. The van der Waals surface area contributed by atoms with Gasteiger partial charge >= 0.3 is 6.03 Å². The standard InChI is InChI=1S/C20H23F2N7O2/c1-12(2)29-16(5-6-25-29)18(30)23-8-17-26-14-4-3-13(7-15(14)27-17)9-28-11-20(21,22)10-24-19(28)31/h3-7,12H,8-11H2,1-2H3,(H,23,30)(H,24,31)(H,26,27). The monoisotopic (exact) mass is 431 g/mol. The number of H-pyrrole nitrogens is 1. The Kier molecular flexibility index (Phi) is 5.34. The number of carbonyl (C=O) groups is 2. The van der Waals surface area contributed by atoms with Gasteiger partial charge in [-0.25, -0.2) is 18.6 Å². The molecule has 0 atom stereocenters. The molecule has 1 fully saturated rings. The van der Waals surface area contributed by atoms with Gasteiger partial charge < -0.3 is 20.5 Å². The molecule has 31 heavy (non-hydrogen) atoms. The Hall–Kier alpha value is -3.50. The third-order valence-corrected chi connectivity index (χ3v) is 4.98. The minimum atomic E-state index is -2.96. The van der Waals surface area contributed by atoms with E-state index in [0.717, 1.165) is 4.90 Å². The molecule has 2 aromatic heterocycles. The highest BCUT2D eigenvalue weighted by Gasteiger charge is 2.38. The van der Waals surface area contributed by atoms with Gasteiger partial charge in [0.25, 0.3) is 11.8 Å². The fourth-order valence-electron chi connectivity index (χ4n) is 3.52. The van der Waals surface area contributed by atoms with E-state index in [4.69, 9.17) is 0 Å². The average Bonchev–Trinajstić information content (AvgIpc) is 3.35. The van der Waals surface area contributed by atoms with Gasteiger partial charge in [-0.15, -0.1) is 0 Å². The van der Waals surface area contributed by atoms with Gasteiger partial charge in [-0.3, -0.25) is 9.48 Å². The number of alkyl halides is 2. The van der Waals surface area contributed by atoms with Crippen LogP contribution in [0, 0.1) is 0 Å². The molecule has 164 valence electrons. The average molecular weight is 431 g/mol. The summed E-state index contributed by atoms with van der Waals surface area (Å²) in [6, 6.07) is 6.46. The molecule has 1 saturated heterocycles. The summed E-state index contributed by atoms with van der Waals surface area (Å²) in [6.07, 6.45) is 1.58. The van der Waals surface area contributed by atoms with Crippen LogP contribution in [0.1, 0.15) is 41.8 Å². The van der Waals surface area contributed by atoms with Crippen LogP contribution in [0.5, 0.6) is 0 Å². The predicted molar refractivity (Wildman–Crippen MR) is 109 cm³/mol. The van der Waals surface area contributed by atoms with Crippen molar-refractivity contribution in [3.05, 3.63) is 47.5 Å². The lowest BCUT2D eigenvalue weighted by Gasteiger charge is -2.32. The molecule has 0 radical (unpaired) electrons. The summed E-state index contributed by atoms with van der Waals surface area (Å²) >= 11 is 0. The second-order valence-corrected chi connectivity index (χ2v) is 7.84. The van der Waals surface area contributed by atoms with Gasteiger partial charge in [0.15, 0.2) is 0 Å². The van der Waals surface area contributed by atoms with Gasteiger partial charge in [0.05, 0.1) is 30.7 Å². The van der Waals surface area contributed by atoms with E-state index < -0.39 is 25.0 Å². The highest BCUT2D eigenvalue weighted by Crippen LogP contribution is 2.21. The molecule has 9 nitrogen and oxygen atoms in total. The van der Waals surface area contributed by atoms with E-state index in [-0.39, 0.29) is 25.0 Å². The van der Waals surface area contributed by atoms with Crippen LogP contribution in [-0.2, 0) is 13.1 Å². The molecular formula is C20H23F2N7O2. The van der Waals surface area contributed by atoms with Crippen molar-refractivity contribution in [3.63, 3.8) is 0 Å². The molecule has 4 rings (SSSR count). The number of hydrogen-bond acceptors (Lipinski definition) is 4. The van der Waals surface area contributed by atoms with E-state index >= 15 is 0 Å². The minimum Gasteiger partial charge on any atom is -0.343 e. The first-order valence-electron chi connectivity index (χ1n) is 9.92. The van der Waals surface area contributed by atoms with Crippen molar-refractivity contribution >= 4 is 23.0 Å². The number of aromatic amines is 1. The van der Waals surface area contributed by atoms with Crippen LogP contribution in [0.25, 0.3) is 11.0 Å². The van der Waals surface area contributed by atoms with E-state index in [9.17, 15) is 18.4 Å². The first kappa shape index (κ1) is 20.8. The predicted octanol–water partition coefficient (Wildman–Crippen LogP) is 2.43. The molecule has 3 aromatic rings. The first-order valence-corrected chi connectivity index (χ1v) is 9.92. The summed E-state index contributed by atoms with van der Waals surface area (Å²) in [4.78, 5) is 33.0. The van der Waals surface area contributed by atoms with Crippen molar-refractivity contribution in [1.29, 1.82) is 0 Å². The third-order valence-electron chi connectivity index (χ3n) is 4.98. The Morgan fingerprint density at radius 1 is 1.32 bits per heavy atom. The lowest BCUT2D eigenvalue weighted by atomic mass is 10.1. The smallest absolute Gasteiger partial charge is 0.318 e. The largest absolute Gasteiger partial charge is 0.343 e. The van der Waals surface area contributed by atoms with Crippen LogP contribution in [0.15, 0.2) is 30.5 Å². The molecular weight excluding hydrogens is 408 g/mol. The van der Waals surface area contributed by atoms with Crippen molar-refractivity contribution in [2.75, 3.05) is 13.1 Å². The van der Waals surface area contributed by atoms with E-state index in [0.29, 0.717) is 28.1 Å². The number of rotatable bonds is 6. The number of aromatic nitrogens is 4. The van der Waals surface area contributed by atoms with Crippen LogP contribution in [0.2, 0.25) is 0 Å². The third kappa shape index (κ3) is 4.49. The Balaban J connectivity index is 1.43. The van der Waals surface area contributed by atoms with Crippen LogP contribution in [-0.4, -0.2) is 55.6 Å². The molecule has 11 heteroatoms. The zero-order chi connectivity index (χ0) is 22.2. The van der Waals surface area contributed by atoms with Crippen molar-refractivity contribution in [3.8, 4) is 0 Å². The second-order valence-electron chi connectivity index (χ2n) is 7.84.